The Hall–Kier alpha value is -1.02. The SMILES string of the molecule is CC[C@H](N)c1cc(C(C)C)ccc1N. The first-order chi connectivity index (χ1) is 6.56. The summed E-state index contributed by atoms with van der Waals surface area (Å²) in [5.41, 5.74) is 15.1. The summed E-state index contributed by atoms with van der Waals surface area (Å²) in [5, 5.41) is 0. The van der Waals surface area contributed by atoms with Gasteiger partial charge in [0.05, 0.1) is 0 Å². The number of rotatable bonds is 3. The Morgan fingerprint density at radius 3 is 2.43 bits per heavy atom. The quantitative estimate of drug-likeness (QED) is 0.723. The largest absolute Gasteiger partial charge is 0.398 e. The second-order valence-corrected chi connectivity index (χ2v) is 4.06. The first kappa shape index (κ1) is 11.1. The van der Waals surface area contributed by atoms with Crippen LogP contribution in [0.5, 0.6) is 0 Å². The Morgan fingerprint density at radius 1 is 1.29 bits per heavy atom. The van der Waals surface area contributed by atoms with Crippen LogP contribution in [0.4, 0.5) is 5.69 Å². The van der Waals surface area contributed by atoms with Crippen LogP contribution in [0.2, 0.25) is 0 Å². The Bertz CT molecular complexity index is 305. The number of benzene rings is 1. The molecule has 1 atom stereocenters. The van der Waals surface area contributed by atoms with Crippen molar-refractivity contribution in [1.29, 1.82) is 0 Å². The molecule has 0 saturated carbocycles. The first-order valence-electron chi connectivity index (χ1n) is 5.21. The van der Waals surface area contributed by atoms with Gasteiger partial charge in [0.15, 0.2) is 0 Å². The van der Waals surface area contributed by atoms with Gasteiger partial charge >= 0.3 is 0 Å². The van der Waals surface area contributed by atoms with Crippen LogP contribution in [-0.4, -0.2) is 0 Å². The van der Waals surface area contributed by atoms with Crippen LogP contribution in [0.3, 0.4) is 0 Å². The molecule has 0 aromatic heterocycles. The van der Waals surface area contributed by atoms with E-state index in [4.69, 9.17) is 11.5 Å². The molecule has 14 heavy (non-hydrogen) atoms. The van der Waals surface area contributed by atoms with Gasteiger partial charge < -0.3 is 11.5 Å². The summed E-state index contributed by atoms with van der Waals surface area (Å²) in [5.74, 6) is 0.526. The third-order valence-electron chi connectivity index (χ3n) is 2.62. The zero-order valence-corrected chi connectivity index (χ0v) is 9.25. The number of nitrogen functional groups attached to an aromatic ring is 1. The van der Waals surface area contributed by atoms with Gasteiger partial charge in [-0.25, -0.2) is 0 Å². The number of nitrogens with two attached hydrogens (primary N) is 2. The zero-order valence-electron chi connectivity index (χ0n) is 9.25. The van der Waals surface area contributed by atoms with Crippen molar-refractivity contribution in [1.82, 2.24) is 0 Å². The van der Waals surface area contributed by atoms with Gasteiger partial charge in [0, 0.05) is 11.7 Å². The predicted molar refractivity (Wildman–Crippen MR) is 62.2 cm³/mol. The van der Waals surface area contributed by atoms with Gasteiger partial charge in [-0.2, -0.15) is 0 Å². The van der Waals surface area contributed by atoms with E-state index in [0.717, 1.165) is 17.7 Å². The highest BCUT2D eigenvalue weighted by atomic mass is 14.7. The lowest BCUT2D eigenvalue weighted by Gasteiger charge is -2.15. The lowest BCUT2D eigenvalue weighted by atomic mass is 9.96. The topological polar surface area (TPSA) is 52.0 Å². The molecule has 0 bridgehead atoms. The monoisotopic (exact) mass is 192 g/mol. The molecule has 0 heterocycles. The van der Waals surface area contributed by atoms with Gasteiger partial charge in [0.25, 0.3) is 0 Å². The molecule has 0 unspecified atom stereocenters. The first-order valence-corrected chi connectivity index (χ1v) is 5.21. The average Bonchev–Trinajstić information content (AvgIpc) is 2.17. The van der Waals surface area contributed by atoms with E-state index in [1.165, 1.54) is 5.56 Å². The Balaban J connectivity index is 3.08. The molecule has 0 saturated heterocycles. The number of anilines is 1. The van der Waals surface area contributed by atoms with E-state index in [0.29, 0.717) is 5.92 Å². The van der Waals surface area contributed by atoms with E-state index in [1.54, 1.807) is 0 Å². The highest BCUT2D eigenvalue weighted by Gasteiger charge is 2.09. The molecule has 1 rings (SSSR count). The summed E-state index contributed by atoms with van der Waals surface area (Å²) in [6.07, 6.45) is 0.922. The molecule has 1 aromatic rings. The van der Waals surface area contributed by atoms with E-state index in [1.807, 2.05) is 6.07 Å². The summed E-state index contributed by atoms with van der Waals surface area (Å²) in [7, 11) is 0. The molecule has 0 radical (unpaired) electrons. The van der Waals surface area contributed by atoms with Gasteiger partial charge in [-0.1, -0.05) is 32.9 Å². The summed E-state index contributed by atoms with van der Waals surface area (Å²) in [6, 6.07) is 6.23. The fraction of sp³-hybridized carbons (Fsp3) is 0.500. The fourth-order valence-electron chi connectivity index (χ4n) is 1.49. The molecule has 0 aliphatic carbocycles. The minimum atomic E-state index is 0.0636. The fourth-order valence-corrected chi connectivity index (χ4v) is 1.49. The molecular weight excluding hydrogens is 172 g/mol. The summed E-state index contributed by atoms with van der Waals surface area (Å²) >= 11 is 0. The second kappa shape index (κ2) is 4.47. The van der Waals surface area contributed by atoms with Crippen LogP contribution in [-0.2, 0) is 0 Å². The molecule has 0 spiro atoms. The third-order valence-corrected chi connectivity index (χ3v) is 2.62. The number of hydrogen-bond acceptors (Lipinski definition) is 2. The molecule has 2 nitrogen and oxygen atoms in total. The van der Waals surface area contributed by atoms with E-state index in [9.17, 15) is 0 Å². The van der Waals surface area contributed by atoms with Crippen molar-refractivity contribution in [2.75, 3.05) is 5.73 Å². The molecular formula is C12H20N2. The van der Waals surface area contributed by atoms with E-state index < -0.39 is 0 Å². The van der Waals surface area contributed by atoms with Crippen molar-refractivity contribution < 1.29 is 0 Å². The van der Waals surface area contributed by atoms with E-state index >= 15 is 0 Å². The molecule has 0 aliphatic heterocycles. The van der Waals surface area contributed by atoms with Crippen molar-refractivity contribution in [3.05, 3.63) is 29.3 Å². The Morgan fingerprint density at radius 2 is 1.93 bits per heavy atom. The minimum absolute atomic E-state index is 0.0636. The van der Waals surface area contributed by atoms with Crippen molar-refractivity contribution >= 4 is 5.69 Å². The molecule has 4 N–H and O–H groups in total. The summed E-state index contributed by atoms with van der Waals surface area (Å²) in [4.78, 5) is 0. The van der Waals surface area contributed by atoms with E-state index in [-0.39, 0.29) is 6.04 Å². The van der Waals surface area contributed by atoms with Crippen LogP contribution in [0.1, 0.15) is 50.3 Å². The summed E-state index contributed by atoms with van der Waals surface area (Å²) < 4.78 is 0. The normalized spacial score (nSPS) is 13.2. The zero-order chi connectivity index (χ0) is 10.7. The van der Waals surface area contributed by atoms with Crippen LogP contribution >= 0.6 is 0 Å². The smallest absolute Gasteiger partial charge is 0.0362 e. The van der Waals surface area contributed by atoms with Crippen molar-refractivity contribution in [3.63, 3.8) is 0 Å². The maximum absolute atomic E-state index is 5.98. The molecule has 2 heteroatoms. The van der Waals surface area contributed by atoms with Crippen molar-refractivity contribution in [3.8, 4) is 0 Å². The van der Waals surface area contributed by atoms with Crippen LogP contribution in [0.15, 0.2) is 18.2 Å². The van der Waals surface area contributed by atoms with Crippen LogP contribution < -0.4 is 11.5 Å². The molecule has 0 amide bonds. The maximum Gasteiger partial charge on any atom is 0.0362 e. The molecule has 0 aliphatic rings. The third kappa shape index (κ3) is 2.26. The van der Waals surface area contributed by atoms with Crippen molar-refractivity contribution in [2.24, 2.45) is 5.73 Å². The highest BCUT2D eigenvalue weighted by molar-refractivity contribution is 5.50. The predicted octanol–water partition coefficient (Wildman–Crippen LogP) is 2.80. The lowest BCUT2D eigenvalue weighted by molar-refractivity contribution is 0.698. The lowest BCUT2D eigenvalue weighted by Crippen LogP contribution is -2.11. The minimum Gasteiger partial charge on any atom is -0.398 e. The number of hydrogen-bond donors (Lipinski definition) is 2. The van der Waals surface area contributed by atoms with Crippen LogP contribution in [0, 0.1) is 0 Å². The Labute approximate surface area is 86.3 Å². The van der Waals surface area contributed by atoms with Gasteiger partial charge in [-0.15, -0.1) is 0 Å². The second-order valence-electron chi connectivity index (χ2n) is 4.06. The summed E-state index contributed by atoms with van der Waals surface area (Å²) in [6.45, 7) is 6.42. The molecule has 1 aromatic carbocycles. The molecule has 78 valence electrons. The van der Waals surface area contributed by atoms with Gasteiger partial charge in [-0.3, -0.25) is 0 Å². The van der Waals surface area contributed by atoms with Gasteiger partial charge in [-0.05, 0) is 29.5 Å². The van der Waals surface area contributed by atoms with Gasteiger partial charge in [0.1, 0.15) is 0 Å². The highest BCUT2D eigenvalue weighted by Crippen LogP contribution is 2.25. The van der Waals surface area contributed by atoms with E-state index in [2.05, 4.69) is 32.9 Å². The van der Waals surface area contributed by atoms with Gasteiger partial charge in [0.2, 0.25) is 0 Å². The molecule has 0 fully saturated rings. The average molecular weight is 192 g/mol. The maximum atomic E-state index is 5.98. The van der Waals surface area contributed by atoms with Crippen molar-refractivity contribution in [2.45, 2.75) is 39.2 Å². The Kier molecular flexibility index (Phi) is 3.53. The van der Waals surface area contributed by atoms with Crippen LogP contribution in [0.25, 0.3) is 0 Å². The standard InChI is InChI=1S/C12H20N2/c1-4-11(13)10-7-9(8(2)3)5-6-12(10)14/h5-8,11H,4,13-14H2,1-3H3/t11-/m0/s1.